The highest BCUT2D eigenvalue weighted by atomic mass is 16.5. The fraction of sp³-hybridized carbons (Fsp3) is 0.906. The predicted molar refractivity (Wildman–Crippen MR) is 142 cm³/mol. The van der Waals surface area contributed by atoms with Crippen molar-refractivity contribution in [1.29, 1.82) is 0 Å². The summed E-state index contributed by atoms with van der Waals surface area (Å²) in [4.78, 5) is 11.9. The van der Waals surface area contributed by atoms with Crippen molar-refractivity contribution in [3.8, 4) is 0 Å². The summed E-state index contributed by atoms with van der Waals surface area (Å²) in [6.07, 6.45) is 11.5. The molecule has 5 aliphatic rings. The molecule has 5 rings (SSSR count). The van der Waals surface area contributed by atoms with Gasteiger partial charge in [0.25, 0.3) is 0 Å². The molecule has 3 heteroatoms. The lowest BCUT2D eigenvalue weighted by Gasteiger charge is -2.72. The van der Waals surface area contributed by atoms with E-state index in [1.165, 1.54) is 25.7 Å². The number of carbonyl (C=O) groups excluding carboxylic acids is 1. The minimum Gasteiger partial charge on any atom is -0.462 e. The lowest BCUT2D eigenvalue weighted by Crippen LogP contribution is -2.67. The van der Waals surface area contributed by atoms with Gasteiger partial charge in [0.1, 0.15) is 6.10 Å². The molecule has 198 valence electrons. The number of rotatable bonds is 1. The molecule has 0 saturated heterocycles. The van der Waals surface area contributed by atoms with Crippen LogP contribution >= 0.6 is 0 Å². The van der Waals surface area contributed by atoms with Gasteiger partial charge in [0.15, 0.2) is 0 Å². The van der Waals surface area contributed by atoms with Gasteiger partial charge in [-0.25, -0.2) is 0 Å². The first-order chi connectivity index (χ1) is 16.1. The zero-order chi connectivity index (χ0) is 25.8. The number of carbonyl (C=O) groups is 1. The number of ether oxygens (including phenoxy) is 1. The third kappa shape index (κ3) is 3.28. The fourth-order valence-corrected chi connectivity index (χ4v) is 11.3. The van der Waals surface area contributed by atoms with Crippen molar-refractivity contribution in [3.05, 3.63) is 11.6 Å². The summed E-state index contributed by atoms with van der Waals surface area (Å²) in [6.45, 7) is 21.3. The average molecular weight is 485 g/mol. The molecule has 0 spiro atoms. The molecule has 0 heterocycles. The fourth-order valence-electron chi connectivity index (χ4n) is 11.3. The Morgan fingerprint density at radius 1 is 0.943 bits per heavy atom. The standard InChI is InChI=1S/C32H52O3/c1-19-10-13-29(6)16-17-31(8)22(26(29)20(19)2)18-23(34)27-30(7)14-12-25(35-21(3)33)28(4,5)24(30)11-15-32(27,31)9/h18-20,23-27,34H,10-17H2,1-9H3. The van der Waals surface area contributed by atoms with Crippen LogP contribution in [0.25, 0.3) is 0 Å². The van der Waals surface area contributed by atoms with Crippen molar-refractivity contribution >= 4 is 5.97 Å². The van der Waals surface area contributed by atoms with E-state index in [1.807, 2.05) is 0 Å². The smallest absolute Gasteiger partial charge is 0.302 e. The summed E-state index contributed by atoms with van der Waals surface area (Å²) in [5.74, 6) is 2.56. The first-order valence-corrected chi connectivity index (χ1v) is 14.7. The number of allylic oxidation sites excluding steroid dienone is 1. The molecule has 0 aromatic heterocycles. The molecule has 0 bridgehead atoms. The summed E-state index contributed by atoms with van der Waals surface area (Å²) < 4.78 is 5.87. The van der Waals surface area contributed by atoms with Crippen LogP contribution in [0.2, 0.25) is 0 Å². The van der Waals surface area contributed by atoms with Gasteiger partial charge in [-0.1, -0.05) is 67.0 Å². The Kier molecular flexibility index (Phi) is 5.78. The molecule has 0 aromatic carbocycles. The SMILES string of the molecule is CC(=O)OC1CCC2(C)C(CCC3(C)C2C(O)C=C2C4C(C)C(C)CCC4(C)CCC23C)C1(C)C. The maximum absolute atomic E-state index is 12.1. The van der Waals surface area contributed by atoms with Crippen molar-refractivity contribution in [2.75, 3.05) is 0 Å². The van der Waals surface area contributed by atoms with Gasteiger partial charge in [0.05, 0.1) is 6.10 Å². The monoisotopic (exact) mass is 484 g/mol. The zero-order valence-corrected chi connectivity index (χ0v) is 24.0. The lowest BCUT2D eigenvalue weighted by molar-refractivity contribution is -0.230. The average Bonchev–Trinajstić information content (AvgIpc) is 2.74. The van der Waals surface area contributed by atoms with Gasteiger partial charge >= 0.3 is 5.97 Å². The number of hydrogen-bond acceptors (Lipinski definition) is 3. The Morgan fingerprint density at radius 3 is 2.29 bits per heavy atom. The predicted octanol–water partition coefficient (Wildman–Crippen LogP) is 7.57. The maximum Gasteiger partial charge on any atom is 0.302 e. The van der Waals surface area contributed by atoms with Crippen LogP contribution in [0.15, 0.2) is 11.6 Å². The van der Waals surface area contributed by atoms with E-state index in [1.54, 1.807) is 12.5 Å². The summed E-state index contributed by atoms with van der Waals surface area (Å²) >= 11 is 0. The lowest BCUT2D eigenvalue weighted by atomic mass is 9.33. The van der Waals surface area contributed by atoms with Crippen LogP contribution < -0.4 is 0 Å². The van der Waals surface area contributed by atoms with Crippen molar-refractivity contribution in [3.63, 3.8) is 0 Å². The highest BCUT2D eigenvalue weighted by Crippen LogP contribution is 2.75. The molecule has 3 nitrogen and oxygen atoms in total. The van der Waals surface area contributed by atoms with Crippen LogP contribution in [0.1, 0.15) is 114 Å². The van der Waals surface area contributed by atoms with E-state index in [9.17, 15) is 9.90 Å². The van der Waals surface area contributed by atoms with Crippen LogP contribution in [-0.2, 0) is 9.53 Å². The van der Waals surface area contributed by atoms with Crippen molar-refractivity contribution in [2.24, 2.45) is 56.7 Å². The molecule has 35 heavy (non-hydrogen) atoms. The molecule has 4 fully saturated rings. The Hall–Kier alpha value is -0.830. The number of esters is 1. The third-order valence-electron chi connectivity index (χ3n) is 13.6. The second-order valence-electron chi connectivity index (χ2n) is 15.4. The summed E-state index contributed by atoms with van der Waals surface area (Å²) in [7, 11) is 0. The van der Waals surface area contributed by atoms with E-state index in [0.717, 1.165) is 31.6 Å². The number of fused-ring (bicyclic) bond motifs is 7. The quantitative estimate of drug-likeness (QED) is 0.308. The van der Waals surface area contributed by atoms with Gasteiger partial charge in [-0.2, -0.15) is 0 Å². The van der Waals surface area contributed by atoms with Gasteiger partial charge < -0.3 is 9.84 Å². The second-order valence-corrected chi connectivity index (χ2v) is 15.4. The van der Waals surface area contributed by atoms with Crippen LogP contribution in [0.4, 0.5) is 0 Å². The summed E-state index contributed by atoms with van der Waals surface area (Å²) in [5, 5.41) is 12.1. The highest BCUT2D eigenvalue weighted by Gasteiger charge is 2.70. The third-order valence-corrected chi connectivity index (χ3v) is 13.6. The highest BCUT2D eigenvalue weighted by molar-refractivity contribution is 5.66. The number of hydrogen-bond donors (Lipinski definition) is 1. The Balaban J connectivity index is 1.58. The molecule has 5 aliphatic carbocycles. The molecule has 4 saturated carbocycles. The minimum absolute atomic E-state index is 0.0233. The van der Waals surface area contributed by atoms with Crippen LogP contribution in [-0.4, -0.2) is 23.3 Å². The van der Waals surface area contributed by atoms with Crippen LogP contribution in [0.3, 0.4) is 0 Å². The van der Waals surface area contributed by atoms with Gasteiger partial charge in [-0.15, -0.1) is 0 Å². The second kappa shape index (κ2) is 7.84. The summed E-state index contributed by atoms with van der Waals surface area (Å²) in [6, 6.07) is 0. The van der Waals surface area contributed by atoms with E-state index in [0.29, 0.717) is 23.2 Å². The van der Waals surface area contributed by atoms with Crippen molar-refractivity contribution < 1.29 is 14.6 Å². The number of aliphatic hydroxyl groups excluding tert-OH is 1. The number of aliphatic hydroxyl groups is 1. The molecule has 0 radical (unpaired) electrons. The molecule has 11 unspecified atom stereocenters. The van der Waals surface area contributed by atoms with Gasteiger partial charge in [0, 0.05) is 18.3 Å². The Bertz CT molecular complexity index is 920. The first kappa shape index (κ1) is 25.8. The van der Waals surface area contributed by atoms with Crippen LogP contribution in [0.5, 0.6) is 0 Å². The zero-order valence-electron chi connectivity index (χ0n) is 24.0. The van der Waals surface area contributed by atoms with E-state index in [4.69, 9.17) is 4.74 Å². The normalized spacial score (nSPS) is 54.9. The Morgan fingerprint density at radius 2 is 1.63 bits per heavy atom. The van der Waals surface area contributed by atoms with E-state index in [2.05, 4.69) is 61.5 Å². The van der Waals surface area contributed by atoms with Gasteiger partial charge in [-0.05, 0) is 96.7 Å². The van der Waals surface area contributed by atoms with E-state index in [-0.39, 0.29) is 45.8 Å². The Labute approximate surface area is 214 Å². The summed E-state index contributed by atoms with van der Waals surface area (Å²) in [5.41, 5.74) is 2.20. The molecule has 1 N–H and O–H groups in total. The molecule has 0 aliphatic heterocycles. The van der Waals surface area contributed by atoms with Crippen molar-refractivity contribution in [2.45, 2.75) is 126 Å². The molecule has 0 amide bonds. The van der Waals surface area contributed by atoms with Gasteiger partial charge in [0.2, 0.25) is 0 Å². The van der Waals surface area contributed by atoms with E-state index < -0.39 is 0 Å². The van der Waals surface area contributed by atoms with E-state index >= 15 is 0 Å². The van der Waals surface area contributed by atoms with Gasteiger partial charge in [-0.3, -0.25) is 4.79 Å². The molecule has 11 atom stereocenters. The molecule has 0 aromatic rings. The van der Waals surface area contributed by atoms with Crippen molar-refractivity contribution in [1.82, 2.24) is 0 Å². The first-order valence-electron chi connectivity index (χ1n) is 14.7. The largest absolute Gasteiger partial charge is 0.462 e. The van der Waals surface area contributed by atoms with Crippen LogP contribution in [0, 0.1) is 56.7 Å². The maximum atomic E-state index is 12.1. The molecular weight excluding hydrogens is 432 g/mol. The molecular formula is C32H52O3. The topological polar surface area (TPSA) is 46.5 Å². The minimum atomic E-state index is -0.385.